The molecule has 0 saturated carbocycles. The van der Waals surface area contributed by atoms with E-state index >= 15 is 0 Å². The highest BCUT2D eigenvalue weighted by Gasteiger charge is 2.10. The maximum atomic E-state index is 11.3. The summed E-state index contributed by atoms with van der Waals surface area (Å²) in [7, 11) is -3.74. The van der Waals surface area contributed by atoms with E-state index in [1.54, 1.807) is 12.1 Å². The number of anilines is 1. The SMILES string of the molecule is CCOc1ccc(-c2csc(/C(C#N)=C/Nc3ccc(S(N)(=O)=O)cc3)n2)cc1. The molecule has 7 nitrogen and oxygen atoms in total. The second-order valence-corrected chi connectivity index (χ2v) is 8.30. The van der Waals surface area contributed by atoms with Gasteiger partial charge in [-0.1, -0.05) is 0 Å². The molecular weight excluding hydrogens is 408 g/mol. The summed E-state index contributed by atoms with van der Waals surface area (Å²) >= 11 is 1.36. The lowest BCUT2D eigenvalue weighted by molar-refractivity contribution is 0.340. The first kappa shape index (κ1) is 20.5. The summed E-state index contributed by atoms with van der Waals surface area (Å²) in [6.45, 7) is 2.53. The number of hydrogen-bond acceptors (Lipinski definition) is 7. The van der Waals surface area contributed by atoms with E-state index in [-0.39, 0.29) is 4.90 Å². The first-order valence-corrected chi connectivity index (χ1v) is 11.0. The van der Waals surface area contributed by atoms with E-state index in [1.807, 2.05) is 36.6 Å². The predicted octanol–water partition coefficient (Wildman–Crippen LogP) is 3.83. The molecule has 0 unspecified atom stereocenters. The molecular formula is C20H18N4O3S2. The van der Waals surface area contributed by atoms with Gasteiger partial charge < -0.3 is 10.1 Å². The number of thiazole rings is 1. The van der Waals surface area contributed by atoms with Gasteiger partial charge in [0.15, 0.2) is 0 Å². The number of hydrogen-bond donors (Lipinski definition) is 2. The monoisotopic (exact) mass is 426 g/mol. The molecule has 0 aliphatic heterocycles. The van der Waals surface area contributed by atoms with Crippen LogP contribution in [0, 0.1) is 11.3 Å². The van der Waals surface area contributed by atoms with Gasteiger partial charge in [-0.15, -0.1) is 11.3 Å². The maximum Gasteiger partial charge on any atom is 0.238 e. The summed E-state index contributed by atoms with van der Waals surface area (Å²) < 4.78 is 28.0. The van der Waals surface area contributed by atoms with Crippen LogP contribution in [0.3, 0.4) is 0 Å². The highest BCUT2D eigenvalue weighted by Crippen LogP contribution is 2.27. The molecule has 2 aromatic carbocycles. The van der Waals surface area contributed by atoms with E-state index in [0.717, 1.165) is 17.0 Å². The first-order valence-electron chi connectivity index (χ1n) is 8.59. The Hall–Kier alpha value is -3.19. The number of ether oxygens (including phenoxy) is 1. The Morgan fingerprint density at radius 2 is 1.93 bits per heavy atom. The molecule has 1 heterocycles. The highest BCUT2D eigenvalue weighted by atomic mass is 32.2. The van der Waals surface area contributed by atoms with Crippen LogP contribution >= 0.6 is 11.3 Å². The molecule has 0 amide bonds. The molecule has 0 atom stereocenters. The molecule has 1 aromatic heterocycles. The van der Waals surface area contributed by atoms with Crippen molar-refractivity contribution in [3.8, 4) is 23.1 Å². The lowest BCUT2D eigenvalue weighted by Crippen LogP contribution is -2.11. The zero-order valence-electron chi connectivity index (χ0n) is 15.5. The van der Waals surface area contributed by atoms with Crippen molar-refractivity contribution in [1.29, 1.82) is 5.26 Å². The molecule has 9 heteroatoms. The molecule has 0 saturated heterocycles. The fourth-order valence-corrected chi connectivity index (χ4v) is 3.77. The smallest absolute Gasteiger partial charge is 0.238 e. The number of nitrogens with one attached hydrogen (secondary N) is 1. The van der Waals surface area contributed by atoms with Crippen molar-refractivity contribution in [2.45, 2.75) is 11.8 Å². The molecule has 0 aliphatic rings. The average Bonchev–Trinajstić information content (AvgIpc) is 3.19. The largest absolute Gasteiger partial charge is 0.494 e. The van der Waals surface area contributed by atoms with Gasteiger partial charge in [0, 0.05) is 22.8 Å². The van der Waals surface area contributed by atoms with Gasteiger partial charge in [0.05, 0.1) is 17.2 Å². The Morgan fingerprint density at radius 3 is 2.52 bits per heavy atom. The molecule has 0 aliphatic carbocycles. The van der Waals surface area contributed by atoms with Crippen LogP contribution in [0.5, 0.6) is 5.75 Å². The van der Waals surface area contributed by atoms with Gasteiger partial charge in [-0.25, -0.2) is 18.5 Å². The van der Waals surface area contributed by atoms with Crippen molar-refractivity contribution in [3.05, 3.63) is 65.1 Å². The fourth-order valence-electron chi connectivity index (χ4n) is 2.46. The molecule has 29 heavy (non-hydrogen) atoms. The van der Waals surface area contributed by atoms with E-state index in [2.05, 4.69) is 16.4 Å². The van der Waals surface area contributed by atoms with Crippen LogP contribution in [-0.4, -0.2) is 20.0 Å². The summed E-state index contributed by atoms with van der Waals surface area (Å²) in [5.41, 5.74) is 2.68. The third kappa shape index (κ3) is 5.20. The van der Waals surface area contributed by atoms with Crippen LogP contribution in [0.15, 0.2) is 65.0 Å². The van der Waals surface area contributed by atoms with Crippen molar-refractivity contribution in [2.24, 2.45) is 5.14 Å². The topological polar surface area (TPSA) is 118 Å². The standard InChI is InChI=1S/C20H18N4O3S2/c1-2-27-17-7-3-14(4-8-17)19-13-28-20(24-19)15(11-21)12-23-16-5-9-18(10-6-16)29(22,25)26/h3-10,12-13,23H,2H2,1H3,(H2,22,25,26)/b15-12+. The van der Waals surface area contributed by atoms with Crippen LogP contribution in [0.4, 0.5) is 5.69 Å². The van der Waals surface area contributed by atoms with Crippen molar-refractivity contribution in [2.75, 3.05) is 11.9 Å². The van der Waals surface area contributed by atoms with Gasteiger partial charge in [0.2, 0.25) is 10.0 Å². The quantitative estimate of drug-likeness (QED) is 0.554. The van der Waals surface area contributed by atoms with Crippen molar-refractivity contribution >= 4 is 32.6 Å². The van der Waals surface area contributed by atoms with Gasteiger partial charge in [0.1, 0.15) is 22.4 Å². The lowest BCUT2D eigenvalue weighted by atomic mass is 10.2. The molecule has 3 aromatic rings. The Bertz CT molecular complexity index is 1160. The second-order valence-electron chi connectivity index (χ2n) is 5.88. The lowest BCUT2D eigenvalue weighted by Gasteiger charge is -2.03. The van der Waals surface area contributed by atoms with Gasteiger partial charge in [-0.2, -0.15) is 5.26 Å². The molecule has 0 spiro atoms. The third-order valence-electron chi connectivity index (χ3n) is 3.88. The van der Waals surface area contributed by atoms with Crippen LogP contribution in [0.1, 0.15) is 11.9 Å². The Morgan fingerprint density at radius 1 is 1.24 bits per heavy atom. The number of nitriles is 1. The van der Waals surface area contributed by atoms with E-state index in [9.17, 15) is 13.7 Å². The van der Waals surface area contributed by atoms with Crippen LogP contribution in [0.2, 0.25) is 0 Å². The number of nitrogens with two attached hydrogens (primary N) is 1. The molecule has 0 radical (unpaired) electrons. The summed E-state index contributed by atoms with van der Waals surface area (Å²) in [6.07, 6.45) is 1.53. The minimum atomic E-state index is -3.74. The minimum absolute atomic E-state index is 0.0208. The molecule has 0 fully saturated rings. The molecule has 3 N–H and O–H groups in total. The molecule has 3 rings (SSSR count). The van der Waals surface area contributed by atoms with Gasteiger partial charge in [-0.05, 0) is 55.5 Å². The van der Waals surface area contributed by atoms with Crippen LogP contribution < -0.4 is 15.2 Å². The van der Waals surface area contributed by atoms with E-state index < -0.39 is 10.0 Å². The van der Waals surface area contributed by atoms with Crippen LogP contribution in [0.25, 0.3) is 16.8 Å². The highest BCUT2D eigenvalue weighted by molar-refractivity contribution is 7.89. The zero-order chi connectivity index (χ0) is 20.9. The number of sulfonamides is 1. The molecule has 148 valence electrons. The van der Waals surface area contributed by atoms with Crippen molar-refractivity contribution < 1.29 is 13.2 Å². The van der Waals surface area contributed by atoms with E-state index in [1.165, 1.54) is 29.7 Å². The minimum Gasteiger partial charge on any atom is -0.494 e. The van der Waals surface area contributed by atoms with Crippen molar-refractivity contribution in [1.82, 2.24) is 4.98 Å². The van der Waals surface area contributed by atoms with Crippen molar-refractivity contribution in [3.63, 3.8) is 0 Å². The number of aromatic nitrogens is 1. The van der Waals surface area contributed by atoms with Gasteiger partial charge >= 0.3 is 0 Å². The fraction of sp³-hybridized carbons (Fsp3) is 0.100. The van der Waals surface area contributed by atoms with Gasteiger partial charge in [0.25, 0.3) is 0 Å². The maximum absolute atomic E-state index is 11.3. The Labute approximate surface area is 173 Å². The van der Waals surface area contributed by atoms with E-state index in [0.29, 0.717) is 22.9 Å². The number of rotatable bonds is 7. The second kappa shape index (κ2) is 8.87. The van der Waals surface area contributed by atoms with Gasteiger partial charge in [-0.3, -0.25) is 0 Å². The van der Waals surface area contributed by atoms with E-state index in [4.69, 9.17) is 9.88 Å². The summed E-state index contributed by atoms with van der Waals surface area (Å²) in [4.78, 5) is 4.56. The third-order valence-corrected chi connectivity index (χ3v) is 5.69. The number of allylic oxidation sites excluding steroid dienone is 1. The number of primary sulfonamides is 1. The normalized spacial score (nSPS) is 11.7. The Balaban J connectivity index is 1.76. The summed E-state index contributed by atoms with van der Waals surface area (Å²) in [6, 6.07) is 15.7. The Kier molecular flexibility index (Phi) is 6.29. The summed E-state index contributed by atoms with van der Waals surface area (Å²) in [5, 5.41) is 20.0. The summed E-state index contributed by atoms with van der Waals surface area (Å²) in [5.74, 6) is 0.793. The number of benzene rings is 2. The average molecular weight is 427 g/mol. The zero-order valence-corrected chi connectivity index (χ0v) is 17.1. The number of nitrogens with zero attached hydrogens (tertiary/aromatic N) is 2. The predicted molar refractivity (Wildman–Crippen MR) is 114 cm³/mol. The first-order chi connectivity index (χ1) is 13.9. The molecule has 0 bridgehead atoms. The van der Waals surface area contributed by atoms with Crippen LogP contribution in [-0.2, 0) is 10.0 Å².